The van der Waals surface area contributed by atoms with E-state index in [2.05, 4.69) is 17.2 Å². The molecule has 2 aliphatic rings. The number of nitrogens with one attached hydrogen (secondary N) is 1. The zero-order chi connectivity index (χ0) is 18.2. The fourth-order valence-corrected chi connectivity index (χ4v) is 3.86. The molecule has 0 bridgehead atoms. The molecule has 1 aliphatic heterocycles. The lowest BCUT2D eigenvalue weighted by molar-refractivity contribution is -0.144. The number of hydrogen-bond acceptors (Lipinski definition) is 5. The summed E-state index contributed by atoms with van der Waals surface area (Å²) in [5.74, 6) is 0.579. The first-order valence-corrected chi connectivity index (χ1v) is 9.25. The van der Waals surface area contributed by atoms with Gasteiger partial charge in [-0.3, -0.25) is 10.1 Å². The number of esters is 1. The molecule has 1 fully saturated rings. The number of nitrogens with zero attached hydrogens (tertiary/aromatic N) is 1. The molecule has 1 aromatic rings. The van der Waals surface area contributed by atoms with E-state index >= 15 is 0 Å². The normalized spacial score (nSPS) is 29.5. The van der Waals surface area contributed by atoms with Crippen molar-refractivity contribution in [3.05, 3.63) is 34.8 Å². The summed E-state index contributed by atoms with van der Waals surface area (Å²) in [4.78, 5) is 16.4. The number of ether oxygens (including phenoxy) is 1. The van der Waals surface area contributed by atoms with E-state index in [4.69, 9.17) is 16.3 Å². The average Bonchev–Trinajstić information content (AvgIpc) is 2.83. The Hall–Kier alpha value is -1.43. The molecule has 2 N–H and O–H groups in total. The molecular weight excluding hydrogens is 340 g/mol. The van der Waals surface area contributed by atoms with Crippen LogP contribution in [0.2, 0.25) is 5.15 Å². The number of aromatic nitrogens is 1. The number of aliphatic hydroxyl groups excluding tert-OH is 1. The van der Waals surface area contributed by atoms with E-state index in [0.29, 0.717) is 22.8 Å². The predicted molar refractivity (Wildman–Crippen MR) is 96.6 cm³/mol. The molecule has 3 rings (SSSR count). The zero-order valence-electron chi connectivity index (χ0n) is 14.9. The van der Waals surface area contributed by atoms with Crippen LogP contribution in [0.4, 0.5) is 0 Å². The number of carbonyl (C=O) groups is 1. The van der Waals surface area contributed by atoms with Crippen LogP contribution in [0.5, 0.6) is 0 Å². The zero-order valence-corrected chi connectivity index (χ0v) is 15.6. The van der Waals surface area contributed by atoms with E-state index in [-0.39, 0.29) is 17.0 Å². The van der Waals surface area contributed by atoms with Crippen LogP contribution < -0.4 is 5.32 Å². The molecule has 0 saturated heterocycles. The van der Waals surface area contributed by atoms with Gasteiger partial charge in [0.2, 0.25) is 0 Å². The van der Waals surface area contributed by atoms with Gasteiger partial charge in [0, 0.05) is 17.3 Å². The lowest BCUT2D eigenvalue weighted by atomic mass is 9.76. The molecule has 1 aliphatic carbocycles. The van der Waals surface area contributed by atoms with Crippen molar-refractivity contribution in [2.75, 3.05) is 0 Å². The van der Waals surface area contributed by atoms with E-state index in [1.807, 2.05) is 0 Å². The Kier molecular flexibility index (Phi) is 5.19. The van der Waals surface area contributed by atoms with Gasteiger partial charge in [-0.15, -0.1) is 0 Å². The van der Waals surface area contributed by atoms with E-state index in [9.17, 15) is 9.90 Å². The van der Waals surface area contributed by atoms with Crippen LogP contribution in [-0.2, 0) is 9.53 Å². The van der Waals surface area contributed by atoms with E-state index in [0.717, 1.165) is 25.7 Å². The number of halogens is 1. The number of carbonyl (C=O) groups excluding carboxylic acids is 1. The molecule has 0 amide bonds. The average molecular weight is 365 g/mol. The van der Waals surface area contributed by atoms with Crippen LogP contribution in [-0.4, -0.2) is 27.8 Å². The molecule has 0 radical (unpaired) electrons. The summed E-state index contributed by atoms with van der Waals surface area (Å²) in [6.45, 7) is 5.82. The first-order valence-electron chi connectivity index (χ1n) is 8.87. The highest BCUT2D eigenvalue weighted by atomic mass is 35.5. The third kappa shape index (κ3) is 3.46. The van der Waals surface area contributed by atoms with Crippen molar-refractivity contribution < 1.29 is 14.6 Å². The molecule has 136 valence electrons. The van der Waals surface area contributed by atoms with Crippen LogP contribution in [0.3, 0.4) is 0 Å². The Morgan fingerprint density at radius 1 is 1.44 bits per heavy atom. The number of aliphatic hydroxyl groups is 1. The molecule has 1 aromatic heterocycles. The first kappa shape index (κ1) is 18.4. The van der Waals surface area contributed by atoms with Gasteiger partial charge >= 0.3 is 5.97 Å². The molecule has 1 saturated carbocycles. The number of rotatable bonds is 3. The second-order valence-corrected chi connectivity index (χ2v) is 7.83. The fourth-order valence-electron chi connectivity index (χ4n) is 3.64. The molecule has 2 heterocycles. The number of pyridine rings is 1. The second kappa shape index (κ2) is 7.06. The van der Waals surface area contributed by atoms with Gasteiger partial charge in [-0.05, 0) is 43.7 Å². The summed E-state index contributed by atoms with van der Waals surface area (Å²) >= 11 is 6.26. The van der Waals surface area contributed by atoms with E-state index in [1.165, 1.54) is 0 Å². The molecule has 25 heavy (non-hydrogen) atoms. The smallest absolute Gasteiger partial charge is 0.313 e. The van der Waals surface area contributed by atoms with Crippen LogP contribution in [0.1, 0.15) is 52.0 Å². The van der Waals surface area contributed by atoms with Crippen LogP contribution in [0.15, 0.2) is 24.1 Å². The molecule has 0 aromatic carbocycles. The third-order valence-corrected chi connectivity index (χ3v) is 5.52. The summed E-state index contributed by atoms with van der Waals surface area (Å²) in [7, 11) is 0. The molecule has 1 unspecified atom stereocenters. The molecule has 5 nitrogen and oxygen atoms in total. The Morgan fingerprint density at radius 2 is 2.12 bits per heavy atom. The minimum atomic E-state index is -0.940. The van der Waals surface area contributed by atoms with Gasteiger partial charge in [0.15, 0.2) is 0 Å². The highest BCUT2D eigenvalue weighted by Gasteiger charge is 2.49. The maximum Gasteiger partial charge on any atom is 0.313 e. The van der Waals surface area contributed by atoms with Crippen molar-refractivity contribution in [3.8, 4) is 0 Å². The lowest BCUT2D eigenvalue weighted by Crippen LogP contribution is -2.49. The maximum absolute atomic E-state index is 12.3. The SMILES string of the molecule is CC1CCC2(CC1)NC(O)C(c1cccnc1Cl)=C2OC(=O)C(C)C. The van der Waals surface area contributed by atoms with Gasteiger partial charge in [0.25, 0.3) is 0 Å². The summed E-state index contributed by atoms with van der Waals surface area (Å²) in [5.41, 5.74) is 0.609. The van der Waals surface area contributed by atoms with Crippen molar-refractivity contribution in [1.82, 2.24) is 10.3 Å². The maximum atomic E-state index is 12.3. The van der Waals surface area contributed by atoms with E-state index < -0.39 is 11.8 Å². The first-order chi connectivity index (χ1) is 11.8. The van der Waals surface area contributed by atoms with Crippen LogP contribution >= 0.6 is 11.6 Å². The Balaban J connectivity index is 2.10. The van der Waals surface area contributed by atoms with Gasteiger partial charge in [0.05, 0.1) is 11.5 Å². The summed E-state index contributed by atoms with van der Waals surface area (Å²) < 4.78 is 5.83. The molecule has 6 heteroatoms. The van der Waals surface area contributed by atoms with E-state index in [1.54, 1.807) is 32.2 Å². The van der Waals surface area contributed by atoms with Crippen molar-refractivity contribution in [2.24, 2.45) is 11.8 Å². The van der Waals surface area contributed by atoms with Gasteiger partial charge in [0.1, 0.15) is 17.1 Å². The van der Waals surface area contributed by atoms with Gasteiger partial charge < -0.3 is 9.84 Å². The minimum Gasteiger partial charge on any atom is -0.428 e. The quantitative estimate of drug-likeness (QED) is 0.634. The summed E-state index contributed by atoms with van der Waals surface area (Å²) in [6, 6.07) is 3.56. The summed E-state index contributed by atoms with van der Waals surface area (Å²) in [5, 5.41) is 14.3. The van der Waals surface area contributed by atoms with Gasteiger partial charge in [-0.1, -0.05) is 32.4 Å². The molecule has 1 atom stereocenters. The monoisotopic (exact) mass is 364 g/mol. The standard InChI is InChI=1S/C19H25ClN2O3/c1-11(2)18(24)25-15-14(13-5-4-10-21-16(13)20)17(23)22-19(15)8-6-12(3)7-9-19/h4-5,10-12,17,22-23H,6-9H2,1-3H3. The minimum absolute atomic E-state index is 0.254. The van der Waals surface area contributed by atoms with Crippen LogP contribution in [0.25, 0.3) is 5.57 Å². The van der Waals surface area contributed by atoms with Gasteiger partial charge in [-0.25, -0.2) is 4.98 Å². The van der Waals surface area contributed by atoms with Crippen molar-refractivity contribution in [1.29, 1.82) is 0 Å². The fraction of sp³-hybridized carbons (Fsp3) is 0.579. The second-order valence-electron chi connectivity index (χ2n) is 7.47. The Bertz CT molecular complexity index is 694. The molecule has 1 spiro atoms. The predicted octanol–water partition coefficient (Wildman–Crippen LogP) is 3.52. The highest BCUT2D eigenvalue weighted by molar-refractivity contribution is 6.31. The van der Waals surface area contributed by atoms with Crippen molar-refractivity contribution in [2.45, 2.75) is 58.2 Å². The van der Waals surface area contributed by atoms with Crippen molar-refractivity contribution >= 4 is 23.1 Å². The lowest BCUT2D eigenvalue weighted by Gasteiger charge is -2.38. The number of hydrogen-bond donors (Lipinski definition) is 2. The largest absolute Gasteiger partial charge is 0.428 e. The highest BCUT2D eigenvalue weighted by Crippen LogP contribution is 2.46. The topological polar surface area (TPSA) is 71.4 Å². The van der Waals surface area contributed by atoms with Crippen molar-refractivity contribution in [3.63, 3.8) is 0 Å². The Labute approximate surface area is 153 Å². The molecular formula is C19H25ClN2O3. The third-order valence-electron chi connectivity index (χ3n) is 5.22. The Morgan fingerprint density at radius 3 is 2.72 bits per heavy atom. The van der Waals surface area contributed by atoms with Crippen LogP contribution in [0, 0.1) is 11.8 Å². The van der Waals surface area contributed by atoms with Gasteiger partial charge in [-0.2, -0.15) is 0 Å². The summed E-state index contributed by atoms with van der Waals surface area (Å²) in [6.07, 6.45) is 4.30.